The molecular weight excluding hydrogens is 308 g/mol. The van der Waals surface area contributed by atoms with E-state index in [1.165, 1.54) is 19.2 Å². The number of rotatable bonds is 6. The van der Waals surface area contributed by atoms with E-state index in [0.29, 0.717) is 5.75 Å². The SMILES string of the molecule is COc1ccc(C(N)=O)c(OCC(=O)Nc2ccc(C)cc2C)c1. The van der Waals surface area contributed by atoms with E-state index in [9.17, 15) is 9.59 Å². The third kappa shape index (κ3) is 4.25. The van der Waals surface area contributed by atoms with Gasteiger partial charge >= 0.3 is 0 Å². The Morgan fingerprint density at radius 2 is 1.88 bits per heavy atom. The van der Waals surface area contributed by atoms with E-state index in [1.54, 1.807) is 6.07 Å². The van der Waals surface area contributed by atoms with Crippen molar-refractivity contribution in [1.82, 2.24) is 0 Å². The Balaban J connectivity index is 2.07. The van der Waals surface area contributed by atoms with E-state index in [0.717, 1.165) is 16.8 Å². The van der Waals surface area contributed by atoms with Crippen LogP contribution in [0.15, 0.2) is 36.4 Å². The summed E-state index contributed by atoms with van der Waals surface area (Å²) in [4.78, 5) is 23.5. The number of carbonyl (C=O) groups is 2. The Kier molecular flexibility index (Phi) is 5.42. The van der Waals surface area contributed by atoms with Gasteiger partial charge in [-0.25, -0.2) is 0 Å². The number of anilines is 1. The molecule has 3 N–H and O–H groups in total. The number of carbonyl (C=O) groups excluding carboxylic acids is 2. The van der Waals surface area contributed by atoms with Gasteiger partial charge in [0.1, 0.15) is 11.5 Å². The Bertz CT molecular complexity index is 772. The van der Waals surface area contributed by atoms with Crippen molar-refractivity contribution in [3.05, 3.63) is 53.1 Å². The second kappa shape index (κ2) is 7.50. The van der Waals surface area contributed by atoms with Crippen LogP contribution in [0.5, 0.6) is 11.5 Å². The highest BCUT2D eigenvalue weighted by atomic mass is 16.5. The molecule has 0 atom stereocenters. The molecule has 0 saturated carbocycles. The van der Waals surface area contributed by atoms with Crippen LogP contribution in [0.2, 0.25) is 0 Å². The maximum atomic E-state index is 12.1. The predicted molar refractivity (Wildman–Crippen MR) is 91.6 cm³/mol. The zero-order valence-corrected chi connectivity index (χ0v) is 13.9. The topological polar surface area (TPSA) is 90.7 Å². The number of hydrogen-bond donors (Lipinski definition) is 2. The molecular formula is C18H20N2O4. The lowest BCUT2D eigenvalue weighted by Crippen LogP contribution is -2.22. The van der Waals surface area contributed by atoms with Crippen molar-refractivity contribution in [2.24, 2.45) is 5.73 Å². The molecule has 2 aromatic rings. The van der Waals surface area contributed by atoms with Gasteiger partial charge in [-0.05, 0) is 37.6 Å². The van der Waals surface area contributed by atoms with Crippen molar-refractivity contribution in [3.63, 3.8) is 0 Å². The molecule has 0 heterocycles. The van der Waals surface area contributed by atoms with Crippen LogP contribution in [0.4, 0.5) is 5.69 Å². The second-order valence-corrected chi connectivity index (χ2v) is 5.38. The number of aryl methyl sites for hydroxylation is 2. The number of nitrogens with two attached hydrogens (primary N) is 1. The van der Waals surface area contributed by atoms with E-state index >= 15 is 0 Å². The molecule has 126 valence electrons. The van der Waals surface area contributed by atoms with Crippen LogP contribution in [0.1, 0.15) is 21.5 Å². The Morgan fingerprint density at radius 1 is 1.12 bits per heavy atom. The highest BCUT2D eigenvalue weighted by Gasteiger charge is 2.13. The van der Waals surface area contributed by atoms with E-state index in [-0.39, 0.29) is 23.8 Å². The Hall–Kier alpha value is -3.02. The molecule has 0 radical (unpaired) electrons. The molecule has 0 aliphatic heterocycles. The fourth-order valence-electron chi connectivity index (χ4n) is 2.24. The lowest BCUT2D eigenvalue weighted by Gasteiger charge is -2.12. The van der Waals surface area contributed by atoms with Crippen molar-refractivity contribution < 1.29 is 19.1 Å². The van der Waals surface area contributed by atoms with Crippen LogP contribution in [-0.2, 0) is 4.79 Å². The molecule has 0 saturated heterocycles. The molecule has 0 fully saturated rings. The highest BCUT2D eigenvalue weighted by Crippen LogP contribution is 2.24. The van der Waals surface area contributed by atoms with Gasteiger partial charge in [0.25, 0.3) is 11.8 Å². The number of methoxy groups -OCH3 is 1. The third-order valence-electron chi connectivity index (χ3n) is 3.47. The zero-order chi connectivity index (χ0) is 17.7. The summed E-state index contributed by atoms with van der Waals surface area (Å²) in [5.41, 5.74) is 8.29. The number of primary amides is 1. The average molecular weight is 328 g/mol. The summed E-state index contributed by atoms with van der Waals surface area (Å²) in [5, 5.41) is 2.77. The summed E-state index contributed by atoms with van der Waals surface area (Å²) in [5.74, 6) is -0.259. The number of amides is 2. The van der Waals surface area contributed by atoms with Gasteiger partial charge in [-0.1, -0.05) is 17.7 Å². The van der Waals surface area contributed by atoms with Crippen molar-refractivity contribution in [1.29, 1.82) is 0 Å². The van der Waals surface area contributed by atoms with Crippen LogP contribution < -0.4 is 20.5 Å². The first-order valence-corrected chi connectivity index (χ1v) is 7.38. The minimum Gasteiger partial charge on any atom is -0.497 e. The molecule has 0 unspecified atom stereocenters. The first-order chi connectivity index (χ1) is 11.4. The van der Waals surface area contributed by atoms with E-state index in [2.05, 4.69) is 5.32 Å². The molecule has 0 aromatic heterocycles. The largest absolute Gasteiger partial charge is 0.497 e. The molecule has 6 heteroatoms. The van der Waals surface area contributed by atoms with Crippen molar-refractivity contribution in [3.8, 4) is 11.5 Å². The number of benzene rings is 2. The van der Waals surface area contributed by atoms with Crippen LogP contribution >= 0.6 is 0 Å². The van der Waals surface area contributed by atoms with Crippen LogP contribution in [0.3, 0.4) is 0 Å². The quantitative estimate of drug-likeness (QED) is 0.852. The Morgan fingerprint density at radius 3 is 2.50 bits per heavy atom. The smallest absolute Gasteiger partial charge is 0.262 e. The van der Waals surface area contributed by atoms with Gasteiger partial charge in [0.15, 0.2) is 6.61 Å². The average Bonchev–Trinajstić information content (AvgIpc) is 2.55. The fourth-order valence-corrected chi connectivity index (χ4v) is 2.24. The molecule has 0 aliphatic carbocycles. The van der Waals surface area contributed by atoms with Gasteiger partial charge in [-0.2, -0.15) is 0 Å². The first-order valence-electron chi connectivity index (χ1n) is 7.38. The third-order valence-corrected chi connectivity index (χ3v) is 3.47. The van der Waals surface area contributed by atoms with Crippen LogP contribution in [-0.4, -0.2) is 25.5 Å². The summed E-state index contributed by atoms with van der Waals surface area (Å²) >= 11 is 0. The monoisotopic (exact) mass is 328 g/mol. The van der Waals surface area contributed by atoms with Gasteiger partial charge in [-0.3, -0.25) is 9.59 Å². The lowest BCUT2D eigenvalue weighted by molar-refractivity contribution is -0.118. The lowest BCUT2D eigenvalue weighted by atomic mass is 10.1. The van der Waals surface area contributed by atoms with E-state index in [4.69, 9.17) is 15.2 Å². The molecule has 24 heavy (non-hydrogen) atoms. The molecule has 0 bridgehead atoms. The van der Waals surface area contributed by atoms with Gasteiger partial charge in [0, 0.05) is 11.8 Å². The number of hydrogen-bond acceptors (Lipinski definition) is 4. The van der Waals surface area contributed by atoms with Gasteiger partial charge < -0.3 is 20.5 Å². The molecule has 2 aromatic carbocycles. The Labute approximate surface area is 140 Å². The standard InChI is InChI=1S/C18H20N2O4/c1-11-4-7-15(12(2)8-11)20-17(21)10-24-16-9-13(23-3)5-6-14(16)18(19)22/h4-9H,10H2,1-3H3,(H2,19,22)(H,20,21). The van der Waals surface area contributed by atoms with Crippen molar-refractivity contribution >= 4 is 17.5 Å². The van der Waals surface area contributed by atoms with E-state index in [1.807, 2.05) is 32.0 Å². The molecule has 0 spiro atoms. The van der Waals surface area contributed by atoms with Gasteiger partial charge in [0.2, 0.25) is 0 Å². The maximum Gasteiger partial charge on any atom is 0.262 e. The normalized spacial score (nSPS) is 10.1. The fraction of sp³-hybridized carbons (Fsp3) is 0.222. The maximum absolute atomic E-state index is 12.1. The minimum atomic E-state index is -0.637. The van der Waals surface area contributed by atoms with Crippen LogP contribution in [0.25, 0.3) is 0 Å². The minimum absolute atomic E-state index is 0.190. The summed E-state index contributed by atoms with van der Waals surface area (Å²) in [6, 6.07) is 10.3. The molecule has 2 amide bonds. The van der Waals surface area contributed by atoms with E-state index < -0.39 is 5.91 Å². The predicted octanol–water partition coefficient (Wildman–Crippen LogP) is 2.43. The van der Waals surface area contributed by atoms with Gasteiger partial charge in [0.05, 0.1) is 12.7 Å². The summed E-state index contributed by atoms with van der Waals surface area (Å²) in [6.07, 6.45) is 0. The number of ether oxygens (including phenoxy) is 2. The summed E-state index contributed by atoms with van der Waals surface area (Å²) in [7, 11) is 1.50. The number of nitrogens with one attached hydrogen (secondary N) is 1. The summed E-state index contributed by atoms with van der Waals surface area (Å²) < 4.78 is 10.5. The molecule has 6 nitrogen and oxygen atoms in total. The first kappa shape index (κ1) is 17.3. The highest BCUT2D eigenvalue weighted by molar-refractivity contribution is 5.96. The van der Waals surface area contributed by atoms with Gasteiger partial charge in [-0.15, -0.1) is 0 Å². The zero-order valence-electron chi connectivity index (χ0n) is 13.9. The van der Waals surface area contributed by atoms with Crippen molar-refractivity contribution in [2.75, 3.05) is 19.0 Å². The van der Waals surface area contributed by atoms with Crippen LogP contribution in [0, 0.1) is 13.8 Å². The van der Waals surface area contributed by atoms with Crippen molar-refractivity contribution in [2.45, 2.75) is 13.8 Å². The molecule has 2 rings (SSSR count). The molecule has 0 aliphatic rings. The summed E-state index contributed by atoms with van der Waals surface area (Å²) in [6.45, 7) is 3.65. The second-order valence-electron chi connectivity index (χ2n) is 5.38.